The molecular formula is C24H25Cl2N5O3. The van der Waals surface area contributed by atoms with Gasteiger partial charge in [0.05, 0.1) is 6.20 Å². The minimum absolute atomic E-state index is 0.0799. The maximum absolute atomic E-state index is 13.1. The molecule has 4 rings (SSSR count). The van der Waals surface area contributed by atoms with E-state index in [1.54, 1.807) is 18.2 Å². The van der Waals surface area contributed by atoms with Crippen molar-refractivity contribution in [2.75, 3.05) is 25.0 Å². The van der Waals surface area contributed by atoms with Crippen LogP contribution in [-0.2, 0) is 24.3 Å². The number of nitrogens with zero attached hydrogens (tertiary/aromatic N) is 2. The fourth-order valence-electron chi connectivity index (χ4n) is 3.71. The fraction of sp³-hybridized carbons (Fsp3) is 0.292. The van der Waals surface area contributed by atoms with Crippen LogP contribution in [0.1, 0.15) is 11.1 Å². The zero-order chi connectivity index (χ0) is 23.9. The van der Waals surface area contributed by atoms with E-state index in [0.29, 0.717) is 36.9 Å². The number of ether oxygens (including phenoxy) is 1. The molecule has 0 unspecified atom stereocenters. The summed E-state index contributed by atoms with van der Waals surface area (Å²) in [5, 5.41) is 10.0. The maximum Gasteiger partial charge on any atom is 0.294 e. The first-order valence-electron chi connectivity index (χ1n) is 10.9. The molecule has 3 N–H and O–H groups in total. The highest BCUT2D eigenvalue weighted by atomic mass is 35.5. The number of hydrogen-bond donors (Lipinski definition) is 3. The van der Waals surface area contributed by atoms with Crippen LogP contribution in [0.3, 0.4) is 0 Å². The lowest BCUT2D eigenvalue weighted by Gasteiger charge is -2.21. The second-order valence-corrected chi connectivity index (χ2v) is 8.76. The zero-order valence-corrected chi connectivity index (χ0v) is 19.9. The number of rotatable bonds is 2. The predicted octanol–water partition coefficient (Wildman–Crippen LogP) is 2.87. The molecule has 2 heterocycles. The molecule has 0 radical (unpaired) electrons. The van der Waals surface area contributed by atoms with Gasteiger partial charge in [0.15, 0.2) is 5.82 Å². The smallest absolute Gasteiger partial charge is 0.294 e. The Balaban J connectivity index is 1.62. The number of hydrogen-bond acceptors (Lipinski definition) is 6. The normalized spacial score (nSPS) is 17.1. The van der Waals surface area contributed by atoms with E-state index in [1.165, 1.54) is 10.8 Å². The Bertz CT molecular complexity index is 1200. The van der Waals surface area contributed by atoms with E-state index < -0.39 is 5.56 Å². The van der Waals surface area contributed by atoms with E-state index in [9.17, 15) is 9.59 Å². The summed E-state index contributed by atoms with van der Waals surface area (Å²) in [6.45, 7) is 1.53. The highest BCUT2D eigenvalue weighted by Crippen LogP contribution is 2.23. The van der Waals surface area contributed by atoms with Crippen LogP contribution in [0.25, 0.3) is 0 Å². The van der Waals surface area contributed by atoms with E-state index in [-0.39, 0.29) is 36.0 Å². The first-order valence-corrected chi connectivity index (χ1v) is 11.7. The number of carbonyl (C=O) groups excluding carboxylic acids is 1. The van der Waals surface area contributed by atoms with Crippen LogP contribution in [0.5, 0.6) is 5.75 Å². The van der Waals surface area contributed by atoms with Gasteiger partial charge in [-0.25, -0.2) is 4.98 Å². The van der Waals surface area contributed by atoms with Crippen molar-refractivity contribution >= 4 is 34.9 Å². The average molecular weight is 502 g/mol. The van der Waals surface area contributed by atoms with Gasteiger partial charge in [0.1, 0.15) is 24.1 Å². The number of fused-ring (bicyclic) bond motifs is 3. The van der Waals surface area contributed by atoms with Crippen molar-refractivity contribution in [1.29, 1.82) is 0 Å². The van der Waals surface area contributed by atoms with Crippen LogP contribution in [0, 0.1) is 0 Å². The second kappa shape index (κ2) is 11.4. The topological polar surface area (TPSA) is 97.3 Å². The predicted molar refractivity (Wildman–Crippen MR) is 133 cm³/mol. The van der Waals surface area contributed by atoms with Crippen LogP contribution < -0.4 is 26.2 Å². The van der Waals surface area contributed by atoms with Gasteiger partial charge in [-0.3, -0.25) is 14.2 Å². The van der Waals surface area contributed by atoms with Crippen LogP contribution in [-0.4, -0.2) is 41.2 Å². The summed E-state index contributed by atoms with van der Waals surface area (Å²) < 4.78 is 7.12. The highest BCUT2D eigenvalue weighted by Gasteiger charge is 2.17. The summed E-state index contributed by atoms with van der Waals surface area (Å²) in [5.74, 6) is 0.404. The first-order chi connectivity index (χ1) is 16.5. The summed E-state index contributed by atoms with van der Waals surface area (Å²) in [7, 11) is 0. The standard InChI is InChI=1S/C24H25Cl2N5O3/c25-18-6-7-20-17(11-18)12-28-22(32)15-31-21(26)14-29-23(24(31)33)30-19(13-27-8-9-34-20)10-16-4-2-1-3-5-16/h1-7,11,14,19,27H,8-10,12-13,15H2,(H,28,32)(H,29,30)/t19-/m0/s1. The Labute approximate surface area is 207 Å². The number of anilines is 1. The van der Waals surface area contributed by atoms with Crippen molar-refractivity contribution in [2.45, 2.75) is 25.6 Å². The largest absolute Gasteiger partial charge is 0.492 e. The van der Waals surface area contributed by atoms with Crippen LogP contribution >= 0.6 is 23.2 Å². The Morgan fingerprint density at radius 2 is 1.94 bits per heavy atom. The molecule has 0 fully saturated rings. The minimum Gasteiger partial charge on any atom is -0.492 e. The zero-order valence-electron chi connectivity index (χ0n) is 18.4. The molecule has 1 amide bonds. The van der Waals surface area contributed by atoms with Gasteiger partial charge in [0.2, 0.25) is 5.91 Å². The third-order valence-electron chi connectivity index (χ3n) is 5.40. The lowest BCUT2D eigenvalue weighted by Crippen LogP contribution is -2.40. The molecule has 1 atom stereocenters. The Morgan fingerprint density at radius 1 is 1.12 bits per heavy atom. The van der Waals surface area contributed by atoms with Crippen LogP contribution in [0.2, 0.25) is 10.2 Å². The van der Waals surface area contributed by atoms with Gasteiger partial charge in [-0.1, -0.05) is 53.5 Å². The van der Waals surface area contributed by atoms with Gasteiger partial charge in [-0.15, -0.1) is 0 Å². The minimum atomic E-state index is -0.459. The number of amides is 1. The van der Waals surface area contributed by atoms with Crippen molar-refractivity contribution in [3.05, 3.63) is 86.4 Å². The number of benzene rings is 2. The van der Waals surface area contributed by atoms with E-state index in [2.05, 4.69) is 20.9 Å². The number of nitrogens with one attached hydrogen (secondary N) is 3. The lowest BCUT2D eigenvalue weighted by molar-refractivity contribution is -0.121. The van der Waals surface area contributed by atoms with Crippen molar-refractivity contribution in [3.63, 3.8) is 0 Å². The molecule has 2 aromatic carbocycles. The summed E-state index contributed by atoms with van der Waals surface area (Å²) in [5.41, 5.74) is 1.40. The molecule has 10 heteroatoms. The maximum atomic E-state index is 13.1. The van der Waals surface area contributed by atoms with Gasteiger partial charge in [0, 0.05) is 36.3 Å². The quantitative estimate of drug-likeness (QED) is 0.499. The van der Waals surface area contributed by atoms with Gasteiger partial charge < -0.3 is 20.7 Å². The van der Waals surface area contributed by atoms with Gasteiger partial charge in [0.25, 0.3) is 5.56 Å². The van der Waals surface area contributed by atoms with E-state index in [0.717, 1.165) is 11.1 Å². The summed E-state index contributed by atoms with van der Waals surface area (Å²) >= 11 is 12.3. The van der Waals surface area contributed by atoms with Crippen LogP contribution in [0.15, 0.2) is 59.5 Å². The molecule has 0 spiro atoms. The third kappa shape index (κ3) is 6.28. The fourth-order valence-corrected chi connectivity index (χ4v) is 4.09. The van der Waals surface area contributed by atoms with Crippen LogP contribution in [0.4, 0.5) is 5.82 Å². The molecule has 0 aliphatic carbocycles. The SMILES string of the molecule is O=C1Cn2c(Cl)cnc(c2=O)N[C@@H](Cc2ccccc2)CNCCOc2ccc(Cl)cc2CN1. The van der Waals surface area contributed by atoms with E-state index >= 15 is 0 Å². The molecule has 1 aromatic heterocycles. The molecule has 1 aliphatic rings. The Hall–Kier alpha value is -3.07. The summed E-state index contributed by atoms with van der Waals surface area (Å²) in [6, 6.07) is 15.1. The number of carbonyl (C=O) groups is 1. The monoisotopic (exact) mass is 501 g/mol. The van der Waals surface area contributed by atoms with Crippen molar-refractivity contribution in [3.8, 4) is 5.75 Å². The van der Waals surface area contributed by atoms with E-state index in [1.807, 2.05) is 30.3 Å². The average Bonchev–Trinajstić information content (AvgIpc) is 2.83. The molecule has 3 aromatic rings. The lowest BCUT2D eigenvalue weighted by atomic mass is 10.1. The molecular weight excluding hydrogens is 477 g/mol. The molecule has 1 aliphatic heterocycles. The van der Waals surface area contributed by atoms with Gasteiger partial charge >= 0.3 is 0 Å². The molecule has 2 bridgehead atoms. The van der Waals surface area contributed by atoms with Gasteiger partial charge in [-0.05, 0) is 30.2 Å². The molecule has 0 saturated carbocycles. The van der Waals surface area contributed by atoms with Gasteiger partial charge in [-0.2, -0.15) is 0 Å². The summed E-state index contributed by atoms with van der Waals surface area (Å²) in [4.78, 5) is 29.9. The molecule has 34 heavy (non-hydrogen) atoms. The van der Waals surface area contributed by atoms with E-state index in [4.69, 9.17) is 27.9 Å². The highest BCUT2D eigenvalue weighted by molar-refractivity contribution is 6.30. The van der Waals surface area contributed by atoms with Crippen molar-refractivity contribution in [2.24, 2.45) is 0 Å². The number of aromatic nitrogens is 2. The van der Waals surface area contributed by atoms with Crippen molar-refractivity contribution < 1.29 is 9.53 Å². The molecule has 8 nitrogen and oxygen atoms in total. The van der Waals surface area contributed by atoms with Crippen molar-refractivity contribution in [1.82, 2.24) is 20.2 Å². The Morgan fingerprint density at radius 3 is 2.76 bits per heavy atom. The molecule has 178 valence electrons. The third-order valence-corrected chi connectivity index (χ3v) is 5.94. The Kier molecular flexibility index (Phi) is 8.05. The number of halogens is 2. The second-order valence-electron chi connectivity index (χ2n) is 7.93. The first kappa shape index (κ1) is 24.1. The molecule has 0 saturated heterocycles. The summed E-state index contributed by atoms with van der Waals surface area (Å²) in [6.07, 6.45) is 2.04.